The normalized spacial score (nSPS) is 11.2. The number of anilines is 1. The van der Waals surface area contributed by atoms with Crippen molar-refractivity contribution in [2.75, 3.05) is 5.32 Å². The molecule has 0 aliphatic carbocycles. The lowest BCUT2D eigenvalue weighted by atomic mass is 9.95. The molecule has 0 radical (unpaired) electrons. The molecular weight excluding hydrogens is 336 g/mol. The topological polar surface area (TPSA) is 54.9 Å². The number of halogens is 2. The zero-order chi connectivity index (χ0) is 18.7. The highest BCUT2D eigenvalue weighted by molar-refractivity contribution is 6.08. The fraction of sp³-hybridized carbons (Fsp3) is 0.150. The second kappa shape index (κ2) is 7.00. The molecule has 1 N–H and O–H groups in total. The van der Waals surface area contributed by atoms with E-state index in [0.717, 1.165) is 17.7 Å². The van der Waals surface area contributed by atoms with Gasteiger partial charge in [-0.3, -0.25) is 4.79 Å². The van der Waals surface area contributed by atoms with Gasteiger partial charge in [0, 0.05) is 18.0 Å². The maximum Gasteiger partial charge on any atom is 0.223 e. The highest BCUT2D eigenvalue weighted by Crippen LogP contribution is 2.23. The molecule has 0 atom stereocenters. The number of aromatic nitrogens is 2. The van der Waals surface area contributed by atoms with Crippen molar-refractivity contribution < 1.29 is 13.6 Å². The van der Waals surface area contributed by atoms with Gasteiger partial charge in [0.05, 0.1) is 11.1 Å². The standard InChI is InChI=1S/C20H17F2N3O/c1-20(2,15-6-4-3-5-7-15)25-19-23-11-14(12-24-19)18(26)13-8-9-16(21)17(22)10-13/h3-12H,1-2H3,(H,23,24,25). The van der Waals surface area contributed by atoms with Crippen LogP contribution in [0.2, 0.25) is 0 Å². The minimum absolute atomic E-state index is 0.0397. The van der Waals surface area contributed by atoms with Crippen molar-refractivity contribution in [3.63, 3.8) is 0 Å². The summed E-state index contributed by atoms with van der Waals surface area (Å²) in [5, 5.41) is 3.21. The summed E-state index contributed by atoms with van der Waals surface area (Å²) in [5.41, 5.74) is 0.884. The van der Waals surface area contributed by atoms with Crippen LogP contribution in [0.5, 0.6) is 0 Å². The Morgan fingerprint density at radius 2 is 1.58 bits per heavy atom. The van der Waals surface area contributed by atoms with Gasteiger partial charge in [-0.2, -0.15) is 0 Å². The van der Waals surface area contributed by atoms with Gasteiger partial charge in [-0.1, -0.05) is 30.3 Å². The largest absolute Gasteiger partial charge is 0.345 e. The Morgan fingerprint density at radius 1 is 0.923 bits per heavy atom. The SMILES string of the molecule is CC(C)(Nc1ncc(C(=O)c2ccc(F)c(F)c2)cn1)c1ccccc1. The molecule has 1 aromatic heterocycles. The van der Waals surface area contributed by atoms with E-state index in [9.17, 15) is 13.6 Å². The first-order valence-electron chi connectivity index (χ1n) is 8.02. The lowest BCUT2D eigenvalue weighted by molar-refractivity contribution is 0.103. The van der Waals surface area contributed by atoms with Crippen LogP contribution in [0.1, 0.15) is 35.3 Å². The van der Waals surface area contributed by atoms with E-state index in [4.69, 9.17) is 0 Å². The molecule has 0 bridgehead atoms. The van der Waals surface area contributed by atoms with Crippen LogP contribution in [0.4, 0.5) is 14.7 Å². The molecule has 0 aliphatic heterocycles. The number of ketones is 1. The molecule has 132 valence electrons. The van der Waals surface area contributed by atoms with Gasteiger partial charge < -0.3 is 5.32 Å². The smallest absolute Gasteiger partial charge is 0.223 e. The summed E-state index contributed by atoms with van der Waals surface area (Å²) >= 11 is 0. The molecule has 0 spiro atoms. The van der Waals surface area contributed by atoms with Crippen LogP contribution in [-0.4, -0.2) is 15.8 Å². The van der Waals surface area contributed by atoms with Gasteiger partial charge in [0.1, 0.15) is 0 Å². The monoisotopic (exact) mass is 353 g/mol. The van der Waals surface area contributed by atoms with E-state index >= 15 is 0 Å². The third-order valence-electron chi connectivity index (χ3n) is 4.02. The van der Waals surface area contributed by atoms with Crippen LogP contribution in [0, 0.1) is 11.6 Å². The van der Waals surface area contributed by atoms with Crippen molar-refractivity contribution in [1.29, 1.82) is 0 Å². The molecule has 2 aromatic carbocycles. The second-order valence-electron chi connectivity index (χ2n) is 6.37. The predicted molar refractivity (Wildman–Crippen MR) is 94.9 cm³/mol. The van der Waals surface area contributed by atoms with E-state index in [1.807, 2.05) is 44.2 Å². The lowest BCUT2D eigenvalue weighted by Crippen LogP contribution is -2.29. The first kappa shape index (κ1) is 17.7. The minimum atomic E-state index is -1.07. The van der Waals surface area contributed by atoms with E-state index in [-0.39, 0.29) is 11.1 Å². The predicted octanol–water partition coefficient (Wildman–Crippen LogP) is 4.33. The van der Waals surface area contributed by atoms with Crippen LogP contribution in [-0.2, 0) is 5.54 Å². The quantitative estimate of drug-likeness (QED) is 0.694. The van der Waals surface area contributed by atoms with Gasteiger partial charge >= 0.3 is 0 Å². The maximum absolute atomic E-state index is 13.3. The van der Waals surface area contributed by atoms with Crippen molar-refractivity contribution in [2.24, 2.45) is 0 Å². The summed E-state index contributed by atoms with van der Waals surface area (Å²) in [6.07, 6.45) is 2.72. The van der Waals surface area contributed by atoms with Crippen LogP contribution in [0.25, 0.3) is 0 Å². The molecule has 3 rings (SSSR count). The van der Waals surface area contributed by atoms with Crippen molar-refractivity contribution >= 4 is 11.7 Å². The summed E-state index contributed by atoms with van der Waals surface area (Å²) in [5.74, 6) is -2.18. The Kier molecular flexibility index (Phi) is 4.75. The van der Waals surface area contributed by atoms with Crippen LogP contribution in [0.3, 0.4) is 0 Å². The number of hydrogen-bond acceptors (Lipinski definition) is 4. The Balaban J connectivity index is 1.78. The molecular formula is C20H17F2N3O. The van der Waals surface area contributed by atoms with Crippen LogP contribution < -0.4 is 5.32 Å². The number of carbonyl (C=O) groups is 1. The van der Waals surface area contributed by atoms with Crippen molar-refractivity contribution in [3.05, 3.63) is 89.2 Å². The highest BCUT2D eigenvalue weighted by atomic mass is 19.2. The van der Waals surface area contributed by atoms with Gasteiger partial charge in [0.15, 0.2) is 17.4 Å². The van der Waals surface area contributed by atoms with Gasteiger partial charge in [-0.15, -0.1) is 0 Å². The molecule has 0 amide bonds. The zero-order valence-corrected chi connectivity index (χ0v) is 14.3. The highest BCUT2D eigenvalue weighted by Gasteiger charge is 2.21. The average molecular weight is 353 g/mol. The molecule has 3 aromatic rings. The molecule has 1 heterocycles. The fourth-order valence-corrected chi connectivity index (χ4v) is 2.52. The number of carbonyl (C=O) groups excluding carboxylic acids is 1. The van der Waals surface area contributed by atoms with E-state index in [2.05, 4.69) is 15.3 Å². The Morgan fingerprint density at radius 3 is 2.19 bits per heavy atom. The average Bonchev–Trinajstić information content (AvgIpc) is 2.64. The Labute approximate surface area is 149 Å². The van der Waals surface area contributed by atoms with E-state index in [0.29, 0.717) is 5.95 Å². The summed E-state index contributed by atoms with van der Waals surface area (Å²) in [6, 6.07) is 12.8. The fourth-order valence-electron chi connectivity index (χ4n) is 2.52. The van der Waals surface area contributed by atoms with Gasteiger partial charge in [-0.25, -0.2) is 18.7 Å². The van der Waals surface area contributed by atoms with Crippen molar-refractivity contribution in [1.82, 2.24) is 9.97 Å². The van der Waals surface area contributed by atoms with Crippen molar-refractivity contribution in [3.8, 4) is 0 Å². The number of nitrogens with one attached hydrogen (secondary N) is 1. The Bertz CT molecular complexity index is 926. The lowest BCUT2D eigenvalue weighted by Gasteiger charge is -2.26. The minimum Gasteiger partial charge on any atom is -0.345 e. The van der Waals surface area contributed by atoms with E-state index < -0.39 is 23.0 Å². The van der Waals surface area contributed by atoms with Crippen molar-refractivity contribution in [2.45, 2.75) is 19.4 Å². The Hall–Kier alpha value is -3.15. The van der Waals surface area contributed by atoms with E-state index in [1.54, 1.807) is 0 Å². The molecule has 0 aliphatic rings. The molecule has 4 nitrogen and oxygen atoms in total. The molecule has 0 unspecified atom stereocenters. The van der Waals surface area contributed by atoms with Gasteiger partial charge in [0.2, 0.25) is 5.95 Å². The number of hydrogen-bond donors (Lipinski definition) is 1. The van der Waals surface area contributed by atoms with Crippen LogP contribution in [0.15, 0.2) is 60.9 Å². The molecule has 26 heavy (non-hydrogen) atoms. The third-order valence-corrected chi connectivity index (χ3v) is 4.02. The summed E-state index contributed by atoms with van der Waals surface area (Å²) in [4.78, 5) is 20.7. The second-order valence-corrected chi connectivity index (χ2v) is 6.37. The third kappa shape index (κ3) is 3.74. The number of rotatable bonds is 5. The molecule has 6 heteroatoms. The molecule has 0 saturated heterocycles. The van der Waals surface area contributed by atoms with Crippen LogP contribution >= 0.6 is 0 Å². The number of nitrogens with zero attached hydrogens (tertiary/aromatic N) is 2. The summed E-state index contributed by atoms with van der Waals surface area (Å²) < 4.78 is 26.3. The zero-order valence-electron chi connectivity index (χ0n) is 14.3. The number of benzene rings is 2. The summed E-state index contributed by atoms with van der Waals surface area (Å²) in [6.45, 7) is 3.98. The maximum atomic E-state index is 13.3. The molecule has 0 saturated carbocycles. The van der Waals surface area contributed by atoms with Gasteiger partial charge in [-0.05, 0) is 37.6 Å². The first-order valence-corrected chi connectivity index (χ1v) is 8.02. The molecule has 0 fully saturated rings. The summed E-state index contributed by atoms with van der Waals surface area (Å²) in [7, 11) is 0. The first-order chi connectivity index (χ1) is 12.4. The van der Waals surface area contributed by atoms with E-state index in [1.165, 1.54) is 18.5 Å². The van der Waals surface area contributed by atoms with Gasteiger partial charge in [0.25, 0.3) is 0 Å².